The summed E-state index contributed by atoms with van der Waals surface area (Å²) in [6, 6.07) is 15.1. The summed E-state index contributed by atoms with van der Waals surface area (Å²) in [6.07, 6.45) is 1.66. The summed E-state index contributed by atoms with van der Waals surface area (Å²) in [5.74, 6) is 0.730. The van der Waals surface area contributed by atoms with Crippen LogP contribution in [0.25, 0.3) is 11.0 Å². The number of para-hydroxylation sites is 1. The number of hydrogen-bond donors (Lipinski definition) is 1. The molecule has 1 aromatic heterocycles. The van der Waals surface area contributed by atoms with E-state index in [1.165, 1.54) is 18.4 Å². The van der Waals surface area contributed by atoms with Gasteiger partial charge in [-0.2, -0.15) is 0 Å². The zero-order valence-corrected chi connectivity index (χ0v) is 19.9. The van der Waals surface area contributed by atoms with Crippen LogP contribution in [0.1, 0.15) is 18.7 Å². The Hall–Kier alpha value is -2.91. The third kappa shape index (κ3) is 5.46. The van der Waals surface area contributed by atoms with Gasteiger partial charge >= 0.3 is 0 Å². The number of hydrogen-bond acceptors (Lipinski definition) is 5. The van der Waals surface area contributed by atoms with Crippen molar-refractivity contribution in [3.63, 3.8) is 0 Å². The molecule has 2 aromatic carbocycles. The van der Waals surface area contributed by atoms with Crippen molar-refractivity contribution >= 4 is 32.7 Å². The fraction of sp³-hybridized carbons (Fsp3) is 0.391. The van der Waals surface area contributed by atoms with E-state index in [0.717, 1.165) is 30.0 Å². The van der Waals surface area contributed by atoms with Crippen molar-refractivity contribution in [2.24, 2.45) is 7.05 Å². The number of imidazole rings is 1. The van der Waals surface area contributed by atoms with Gasteiger partial charge in [0.2, 0.25) is 15.9 Å². The Morgan fingerprint density at radius 1 is 1.09 bits per heavy atom. The van der Waals surface area contributed by atoms with Crippen molar-refractivity contribution in [1.29, 1.82) is 0 Å². The number of carbonyl (C=O) groups excluding carboxylic acids is 1. The highest BCUT2D eigenvalue weighted by Gasteiger charge is 2.19. The second kappa shape index (κ2) is 10.1. The van der Waals surface area contributed by atoms with E-state index in [0.29, 0.717) is 24.9 Å². The van der Waals surface area contributed by atoms with Crippen LogP contribution in [-0.2, 0) is 28.3 Å². The zero-order valence-electron chi connectivity index (χ0n) is 19.1. The fourth-order valence-corrected chi connectivity index (χ4v) is 4.42. The summed E-state index contributed by atoms with van der Waals surface area (Å²) >= 11 is 0. The maximum absolute atomic E-state index is 12.4. The molecule has 1 amide bonds. The van der Waals surface area contributed by atoms with E-state index in [4.69, 9.17) is 0 Å². The van der Waals surface area contributed by atoms with Gasteiger partial charge in [-0.05, 0) is 36.8 Å². The number of anilines is 1. The van der Waals surface area contributed by atoms with Gasteiger partial charge in [0.25, 0.3) is 0 Å². The number of nitrogens with one attached hydrogen (secondary N) is 1. The molecule has 0 bridgehead atoms. The van der Waals surface area contributed by atoms with E-state index >= 15 is 0 Å². The molecule has 9 heteroatoms. The predicted octanol–water partition coefficient (Wildman–Crippen LogP) is 2.40. The van der Waals surface area contributed by atoms with Crippen LogP contribution in [0.4, 0.5) is 5.69 Å². The number of rotatable bonds is 10. The summed E-state index contributed by atoms with van der Waals surface area (Å²) in [5.41, 5.74) is 2.60. The molecule has 1 heterocycles. The summed E-state index contributed by atoms with van der Waals surface area (Å²) in [5, 5.41) is 2.97. The SMILES string of the molecule is CN(CCCNC(=O)CCc1nc2cc(S(=O)(=O)N(C)C)ccc2n1C)c1ccccc1. The highest BCUT2D eigenvalue weighted by atomic mass is 32.2. The van der Waals surface area contributed by atoms with E-state index in [1.54, 1.807) is 18.2 Å². The first-order chi connectivity index (χ1) is 15.2. The lowest BCUT2D eigenvalue weighted by Gasteiger charge is -2.19. The van der Waals surface area contributed by atoms with Gasteiger partial charge < -0.3 is 14.8 Å². The molecule has 0 saturated heterocycles. The van der Waals surface area contributed by atoms with E-state index in [2.05, 4.69) is 27.3 Å². The Balaban J connectivity index is 1.52. The summed E-state index contributed by atoms with van der Waals surface area (Å²) in [6.45, 7) is 1.47. The van der Waals surface area contributed by atoms with Crippen LogP contribution in [-0.4, -0.2) is 62.4 Å². The number of aromatic nitrogens is 2. The van der Waals surface area contributed by atoms with Crippen molar-refractivity contribution in [2.75, 3.05) is 39.1 Å². The van der Waals surface area contributed by atoms with Gasteiger partial charge in [0, 0.05) is 59.8 Å². The quantitative estimate of drug-likeness (QED) is 0.473. The monoisotopic (exact) mass is 457 g/mol. The summed E-state index contributed by atoms with van der Waals surface area (Å²) in [7, 11) is 3.40. The Morgan fingerprint density at radius 3 is 2.50 bits per heavy atom. The number of benzene rings is 2. The lowest BCUT2D eigenvalue weighted by atomic mass is 10.2. The second-order valence-corrected chi connectivity index (χ2v) is 10.1. The highest BCUT2D eigenvalue weighted by molar-refractivity contribution is 7.89. The van der Waals surface area contributed by atoms with Crippen molar-refractivity contribution in [1.82, 2.24) is 19.2 Å². The standard InChI is InChI=1S/C23H31N5O3S/c1-26(2)32(30,31)19-11-12-21-20(17-19)25-22(28(21)4)13-14-23(29)24-15-8-16-27(3)18-9-6-5-7-10-18/h5-7,9-12,17H,8,13-16H2,1-4H3,(H,24,29). The van der Waals surface area contributed by atoms with Crippen molar-refractivity contribution < 1.29 is 13.2 Å². The van der Waals surface area contributed by atoms with Gasteiger partial charge in [0.1, 0.15) is 5.82 Å². The van der Waals surface area contributed by atoms with Gasteiger partial charge in [-0.15, -0.1) is 0 Å². The third-order valence-electron chi connectivity index (χ3n) is 5.49. The van der Waals surface area contributed by atoms with Crippen LogP contribution >= 0.6 is 0 Å². The molecule has 0 aliphatic carbocycles. The normalized spacial score (nSPS) is 11.8. The minimum atomic E-state index is -3.52. The third-order valence-corrected chi connectivity index (χ3v) is 7.30. The van der Waals surface area contributed by atoms with E-state index < -0.39 is 10.0 Å². The van der Waals surface area contributed by atoms with E-state index in [1.807, 2.05) is 36.9 Å². The first-order valence-electron chi connectivity index (χ1n) is 10.6. The topological polar surface area (TPSA) is 87.5 Å². The van der Waals surface area contributed by atoms with Crippen molar-refractivity contribution in [3.05, 3.63) is 54.4 Å². The second-order valence-electron chi connectivity index (χ2n) is 7.99. The van der Waals surface area contributed by atoms with Crippen LogP contribution in [0.3, 0.4) is 0 Å². The first-order valence-corrected chi connectivity index (χ1v) is 12.0. The molecule has 3 rings (SSSR count). The lowest BCUT2D eigenvalue weighted by molar-refractivity contribution is -0.121. The smallest absolute Gasteiger partial charge is 0.242 e. The number of sulfonamides is 1. The van der Waals surface area contributed by atoms with Crippen LogP contribution < -0.4 is 10.2 Å². The molecule has 0 aliphatic heterocycles. The molecule has 1 N–H and O–H groups in total. The molecule has 0 unspecified atom stereocenters. The summed E-state index contributed by atoms with van der Waals surface area (Å²) in [4.78, 5) is 19.2. The van der Waals surface area contributed by atoms with Gasteiger partial charge in [-0.1, -0.05) is 18.2 Å². The Kier molecular flexibility index (Phi) is 7.52. The number of amides is 1. The molecule has 172 valence electrons. The van der Waals surface area contributed by atoms with Gasteiger partial charge in [-0.25, -0.2) is 17.7 Å². The molecule has 0 atom stereocenters. The average Bonchev–Trinajstić information content (AvgIpc) is 3.10. The van der Waals surface area contributed by atoms with E-state index in [9.17, 15) is 13.2 Å². The minimum absolute atomic E-state index is 0.0182. The largest absolute Gasteiger partial charge is 0.375 e. The molecule has 8 nitrogen and oxygen atoms in total. The molecule has 0 fully saturated rings. The summed E-state index contributed by atoms with van der Waals surface area (Å²) < 4.78 is 27.8. The number of aryl methyl sites for hydroxylation is 2. The Morgan fingerprint density at radius 2 is 1.81 bits per heavy atom. The first kappa shape index (κ1) is 23.7. The van der Waals surface area contributed by atoms with Crippen LogP contribution in [0.2, 0.25) is 0 Å². The maximum Gasteiger partial charge on any atom is 0.242 e. The predicted molar refractivity (Wildman–Crippen MR) is 127 cm³/mol. The molecule has 0 aliphatic rings. The maximum atomic E-state index is 12.4. The number of nitrogens with zero attached hydrogens (tertiary/aromatic N) is 4. The fourth-order valence-electron chi connectivity index (χ4n) is 3.49. The lowest BCUT2D eigenvalue weighted by Crippen LogP contribution is -2.28. The molecular formula is C23H31N5O3S. The minimum Gasteiger partial charge on any atom is -0.375 e. The van der Waals surface area contributed by atoms with E-state index in [-0.39, 0.29) is 10.8 Å². The highest BCUT2D eigenvalue weighted by Crippen LogP contribution is 2.21. The molecule has 3 aromatic rings. The van der Waals surface area contributed by atoms with Crippen molar-refractivity contribution in [2.45, 2.75) is 24.2 Å². The van der Waals surface area contributed by atoms with Gasteiger partial charge in [0.05, 0.1) is 15.9 Å². The van der Waals surface area contributed by atoms with Crippen LogP contribution in [0.15, 0.2) is 53.4 Å². The van der Waals surface area contributed by atoms with Gasteiger partial charge in [-0.3, -0.25) is 4.79 Å². The average molecular weight is 458 g/mol. The van der Waals surface area contributed by atoms with Crippen LogP contribution in [0.5, 0.6) is 0 Å². The Bertz CT molecular complexity index is 1170. The van der Waals surface area contributed by atoms with Gasteiger partial charge in [0.15, 0.2) is 0 Å². The Labute approximate surface area is 189 Å². The molecule has 0 saturated carbocycles. The van der Waals surface area contributed by atoms with Crippen molar-refractivity contribution in [3.8, 4) is 0 Å². The number of carbonyl (C=O) groups is 1. The number of fused-ring (bicyclic) bond motifs is 1. The molecule has 0 spiro atoms. The zero-order chi connectivity index (χ0) is 23.3. The van der Waals surface area contributed by atoms with Crippen LogP contribution in [0, 0.1) is 0 Å². The molecular weight excluding hydrogens is 426 g/mol. The molecule has 32 heavy (non-hydrogen) atoms. The molecule has 0 radical (unpaired) electrons.